The van der Waals surface area contributed by atoms with Crippen molar-refractivity contribution in [1.82, 2.24) is 0 Å². The largest absolute Gasteiger partial charge is 0.454 e. The Morgan fingerprint density at radius 3 is 2.85 bits per heavy atom. The second kappa shape index (κ2) is 8.27. The first-order chi connectivity index (χ1) is 12.7. The zero-order valence-electron chi connectivity index (χ0n) is 13.6. The third-order valence-corrected chi connectivity index (χ3v) is 4.34. The number of nitrogens with zero attached hydrogens (tertiary/aromatic N) is 1. The van der Waals surface area contributed by atoms with E-state index in [-0.39, 0.29) is 18.1 Å². The number of rotatable bonds is 6. The van der Waals surface area contributed by atoms with Gasteiger partial charge in [-0.2, -0.15) is 5.26 Å². The lowest BCUT2D eigenvalue weighted by Crippen LogP contribution is -2.21. The molecule has 0 spiro atoms. The van der Waals surface area contributed by atoms with E-state index in [4.69, 9.17) is 19.5 Å². The molecule has 3 rings (SSSR count). The molecule has 0 saturated heterocycles. The van der Waals surface area contributed by atoms with Gasteiger partial charge in [-0.1, -0.05) is 12.1 Å². The van der Waals surface area contributed by atoms with Crippen molar-refractivity contribution >= 4 is 29.3 Å². The standard InChI is InChI=1S/C18H14N2O5S/c19-7-8-26-16-4-2-1-3-13(16)20-17(21)10-23-18(22)12-5-6-14-15(9-12)25-11-24-14/h1-6,9H,8,10-11H2,(H,20,21). The Bertz CT molecular complexity index is 878. The molecule has 2 aromatic carbocycles. The average molecular weight is 370 g/mol. The van der Waals surface area contributed by atoms with E-state index in [0.717, 1.165) is 4.90 Å². The van der Waals surface area contributed by atoms with Gasteiger partial charge in [0.05, 0.1) is 23.1 Å². The predicted molar refractivity (Wildman–Crippen MR) is 94.3 cm³/mol. The van der Waals surface area contributed by atoms with Crippen molar-refractivity contribution in [2.45, 2.75) is 4.90 Å². The molecule has 0 fully saturated rings. The molecular formula is C18H14N2O5S. The number of para-hydroxylation sites is 1. The van der Waals surface area contributed by atoms with E-state index in [2.05, 4.69) is 5.32 Å². The highest BCUT2D eigenvalue weighted by Gasteiger charge is 2.18. The van der Waals surface area contributed by atoms with E-state index >= 15 is 0 Å². The highest BCUT2D eigenvalue weighted by molar-refractivity contribution is 7.99. The minimum Gasteiger partial charge on any atom is -0.454 e. The molecule has 0 unspecified atom stereocenters. The summed E-state index contributed by atoms with van der Waals surface area (Å²) in [7, 11) is 0. The van der Waals surface area contributed by atoms with Crippen LogP contribution in [0.4, 0.5) is 5.69 Å². The molecule has 0 bridgehead atoms. The molecular weight excluding hydrogens is 356 g/mol. The second-order valence-electron chi connectivity index (χ2n) is 5.14. The van der Waals surface area contributed by atoms with E-state index in [9.17, 15) is 9.59 Å². The quantitative estimate of drug-likeness (QED) is 0.617. The number of amides is 1. The summed E-state index contributed by atoms with van der Waals surface area (Å²) < 4.78 is 15.4. The van der Waals surface area contributed by atoms with Gasteiger partial charge >= 0.3 is 5.97 Å². The van der Waals surface area contributed by atoms with Gasteiger partial charge in [-0.05, 0) is 30.3 Å². The Morgan fingerprint density at radius 2 is 2.00 bits per heavy atom. The number of hydrogen-bond acceptors (Lipinski definition) is 7. The predicted octanol–water partition coefficient (Wildman–Crippen LogP) is 2.83. The molecule has 1 amide bonds. The number of hydrogen-bond donors (Lipinski definition) is 1. The number of ether oxygens (including phenoxy) is 3. The first-order valence-electron chi connectivity index (χ1n) is 7.63. The zero-order chi connectivity index (χ0) is 18.4. The number of thioether (sulfide) groups is 1. The lowest BCUT2D eigenvalue weighted by Gasteiger charge is -2.10. The highest BCUT2D eigenvalue weighted by Crippen LogP contribution is 2.32. The third kappa shape index (κ3) is 4.26. The van der Waals surface area contributed by atoms with Crippen LogP contribution in [0.25, 0.3) is 0 Å². The van der Waals surface area contributed by atoms with Crippen LogP contribution in [-0.2, 0) is 9.53 Å². The van der Waals surface area contributed by atoms with Crippen LogP contribution in [0.15, 0.2) is 47.4 Å². The Hall–Kier alpha value is -3.18. The molecule has 8 heteroatoms. The topological polar surface area (TPSA) is 97.7 Å². The molecule has 26 heavy (non-hydrogen) atoms. The van der Waals surface area contributed by atoms with Gasteiger partial charge in [0.2, 0.25) is 6.79 Å². The minimum absolute atomic E-state index is 0.111. The lowest BCUT2D eigenvalue weighted by atomic mass is 10.2. The number of nitriles is 1. The van der Waals surface area contributed by atoms with Gasteiger partial charge in [0, 0.05) is 4.90 Å². The van der Waals surface area contributed by atoms with Crippen LogP contribution in [0.2, 0.25) is 0 Å². The summed E-state index contributed by atoms with van der Waals surface area (Å²) >= 11 is 1.31. The third-order valence-electron chi connectivity index (χ3n) is 3.40. The first-order valence-corrected chi connectivity index (χ1v) is 8.61. The van der Waals surface area contributed by atoms with E-state index in [1.54, 1.807) is 30.3 Å². The molecule has 0 radical (unpaired) electrons. The Kier molecular flexibility index (Phi) is 5.61. The molecule has 0 aliphatic carbocycles. The average Bonchev–Trinajstić information content (AvgIpc) is 3.13. The molecule has 1 N–H and O–H groups in total. The maximum Gasteiger partial charge on any atom is 0.338 e. The molecule has 0 aromatic heterocycles. The second-order valence-corrected chi connectivity index (χ2v) is 6.15. The number of esters is 1. The molecule has 1 aliphatic rings. The normalized spacial score (nSPS) is 11.5. The summed E-state index contributed by atoms with van der Waals surface area (Å²) in [6.07, 6.45) is 0. The van der Waals surface area contributed by atoms with E-state index in [0.29, 0.717) is 17.2 Å². The summed E-state index contributed by atoms with van der Waals surface area (Å²) in [5.74, 6) is 0.194. The fraction of sp³-hybridized carbons (Fsp3) is 0.167. The Labute approximate surface area is 153 Å². The van der Waals surface area contributed by atoms with Gasteiger partial charge in [-0.3, -0.25) is 4.79 Å². The molecule has 7 nitrogen and oxygen atoms in total. The van der Waals surface area contributed by atoms with Crippen LogP contribution < -0.4 is 14.8 Å². The number of fused-ring (bicyclic) bond motifs is 1. The van der Waals surface area contributed by atoms with E-state index < -0.39 is 18.5 Å². The van der Waals surface area contributed by atoms with E-state index in [1.807, 2.05) is 12.1 Å². The molecule has 0 saturated carbocycles. The van der Waals surface area contributed by atoms with Crippen molar-refractivity contribution in [2.75, 3.05) is 24.5 Å². The molecule has 1 heterocycles. The smallest absolute Gasteiger partial charge is 0.338 e. The van der Waals surface area contributed by atoms with Gasteiger partial charge in [0.15, 0.2) is 18.1 Å². The summed E-state index contributed by atoms with van der Waals surface area (Å²) in [5.41, 5.74) is 0.837. The van der Waals surface area contributed by atoms with Crippen LogP contribution in [0.1, 0.15) is 10.4 Å². The molecule has 1 aliphatic heterocycles. The first kappa shape index (κ1) is 17.6. The number of carbonyl (C=O) groups excluding carboxylic acids is 2. The molecule has 2 aromatic rings. The molecule has 132 valence electrons. The number of nitrogens with one attached hydrogen (secondary N) is 1. The lowest BCUT2D eigenvalue weighted by molar-refractivity contribution is -0.119. The summed E-state index contributed by atoms with van der Waals surface area (Å²) in [4.78, 5) is 24.9. The minimum atomic E-state index is -0.634. The van der Waals surface area contributed by atoms with Crippen LogP contribution in [0.3, 0.4) is 0 Å². The summed E-state index contributed by atoms with van der Waals surface area (Å²) in [5, 5.41) is 11.4. The fourth-order valence-corrected chi connectivity index (χ4v) is 2.90. The van der Waals surface area contributed by atoms with Crippen LogP contribution in [0, 0.1) is 11.3 Å². The maximum absolute atomic E-state index is 12.1. The monoisotopic (exact) mass is 370 g/mol. The highest BCUT2D eigenvalue weighted by atomic mass is 32.2. The summed E-state index contributed by atoms with van der Waals surface area (Å²) in [6, 6.07) is 13.8. The molecule has 0 atom stereocenters. The zero-order valence-corrected chi connectivity index (χ0v) is 14.4. The van der Waals surface area contributed by atoms with E-state index in [1.165, 1.54) is 17.8 Å². The van der Waals surface area contributed by atoms with Crippen LogP contribution in [-0.4, -0.2) is 31.0 Å². The van der Waals surface area contributed by atoms with Crippen molar-refractivity contribution in [2.24, 2.45) is 0 Å². The van der Waals surface area contributed by atoms with Crippen molar-refractivity contribution in [3.05, 3.63) is 48.0 Å². The Morgan fingerprint density at radius 1 is 1.19 bits per heavy atom. The number of anilines is 1. The van der Waals surface area contributed by atoms with Gasteiger partial charge in [-0.25, -0.2) is 4.79 Å². The van der Waals surface area contributed by atoms with Crippen molar-refractivity contribution in [1.29, 1.82) is 5.26 Å². The van der Waals surface area contributed by atoms with Crippen molar-refractivity contribution in [3.8, 4) is 17.6 Å². The van der Waals surface area contributed by atoms with Crippen molar-refractivity contribution < 1.29 is 23.8 Å². The van der Waals surface area contributed by atoms with Gasteiger partial charge < -0.3 is 19.5 Å². The Balaban J connectivity index is 1.56. The van der Waals surface area contributed by atoms with Gasteiger partial charge in [0.25, 0.3) is 5.91 Å². The fourth-order valence-electron chi connectivity index (χ4n) is 2.23. The number of benzene rings is 2. The van der Waals surface area contributed by atoms with Crippen LogP contribution in [0.5, 0.6) is 11.5 Å². The van der Waals surface area contributed by atoms with Crippen LogP contribution >= 0.6 is 11.8 Å². The SMILES string of the molecule is N#CCSc1ccccc1NC(=O)COC(=O)c1ccc2c(c1)OCO2. The summed E-state index contributed by atoms with van der Waals surface area (Å²) in [6.45, 7) is -0.315. The maximum atomic E-state index is 12.1. The van der Waals surface area contributed by atoms with Gasteiger partial charge in [-0.15, -0.1) is 11.8 Å². The van der Waals surface area contributed by atoms with Gasteiger partial charge in [0.1, 0.15) is 0 Å². The number of carbonyl (C=O) groups is 2. The van der Waals surface area contributed by atoms with Crippen molar-refractivity contribution in [3.63, 3.8) is 0 Å².